The van der Waals surface area contributed by atoms with E-state index in [9.17, 15) is 0 Å². The maximum absolute atomic E-state index is 8.96. The Kier molecular flexibility index (Phi) is 5.14. The first kappa shape index (κ1) is 12.8. The van der Waals surface area contributed by atoms with Crippen LogP contribution >= 0.6 is 14.1 Å². The monoisotopic (exact) mass is 234 g/mol. The second-order valence-electron chi connectivity index (χ2n) is 2.13. The second kappa shape index (κ2) is 4.84. The first-order valence-electron chi connectivity index (χ1n) is 2.99. The molecule has 0 radical (unpaired) electrons. The van der Waals surface area contributed by atoms with Crippen molar-refractivity contribution in [2.24, 2.45) is 0 Å². The SMILES string of the molecule is C=P(O)(O)OCCOP(C)(O)=S. The van der Waals surface area contributed by atoms with Gasteiger partial charge in [0.05, 0.1) is 13.2 Å². The van der Waals surface area contributed by atoms with Crippen molar-refractivity contribution in [1.29, 1.82) is 0 Å². The summed E-state index contributed by atoms with van der Waals surface area (Å²) in [5.74, 6) is 0. The number of hydrogen-bond acceptors (Lipinski definition) is 5. The van der Waals surface area contributed by atoms with Gasteiger partial charge in [0.1, 0.15) is 0 Å². The van der Waals surface area contributed by atoms with Crippen molar-refractivity contribution in [3.8, 4) is 0 Å². The molecule has 0 spiro atoms. The van der Waals surface area contributed by atoms with Crippen LogP contribution < -0.4 is 0 Å². The molecule has 0 saturated carbocycles. The average molecular weight is 234 g/mol. The highest BCUT2D eigenvalue weighted by Gasteiger charge is 2.07. The third-order valence-corrected chi connectivity index (χ3v) is 2.29. The van der Waals surface area contributed by atoms with Gasteiger partial charge in [0.2, 0.25) is 7.57 Å². The van der Waals surface area contributed by atoms with Gasteiger partial charge in [-0.3, -0.25) is 0 Å². The lowest BCUT2D eigenvalue weighted by molar-refractivity contribution is 0.191. The Hall–Kier alpha value is 0.750. The third-order valence-electron chi connectivity index (χ3n) is 0.712. The first-order valence-corrected chi connectivity index (χ1v) is 7.91. The van der Waals surface area contributed by atoms with Crippen LogP contribution in [0.3, 0.4) is 0 Å². The van der Waals surface area contributed by atoms with Gasteiger partial charge in [0.25, 0.3) is 0 Å². The molecule has 0 aliphatic rings. The maximum Gasteiger partial charge on any atom is 0.245 e. The molecule has 0 aromatic rings. The van der Waals surface area contributed by atoms with Crippen LogP contribution in [0.5, 0.6) is 0 Å². The van der Waals surface area contributed by atoms with Gasteiger partial charge >= 0.3 is 0 Å². The summed E-state index contributed by atoms with van der Waals surface area (Å²) in [4.78, 5) is 26.3. The molecule has 8 heteroatoms. The summed E-state index contributed by atoms with van der Waals surface area (Å²) < 4.78 is 9.22. The van der Waals surface area contributed by atoms with Gasteiger partial charge in [-0.05, 0) is 18.1 Å². The lowest BCUT2D eigenvalue weighted by atomic mass is 10.8. The summed E-state index contributed by atoms with van der Waals surface area (Å²) in [6, 6.07) is 0. The molecule has 0 heterocycles. The van der Waals surface area contributed by atoms with Crippen LogP contribution in [0, 0.1) is 0 Å². The lowest BCUT2D eigenvalue weighted by Gasteiger charge is -2.12. The van der Waals surface area contributed by atoms with E-state index in [0.29, 0.717) is 0 Å². The van der Waals surface area contributed by atoms with E-state index in [1.165, 1.54) is 6.66 Å². The minimum atomic E-state index is -3.43. The number of hydrogen-bond donors (Lipinski definition) is 3. The molecule has 0 rings (SSSR count). The lowest BCUT2D eigenvalue weighted by Crippen LogP contribution is -2.01. The molecule has 0 amide bonds. The van der Waals surface area contributed by atoms with Crippen LogP contribution in [0.25, 0.3) is 0 Å². The molecule has 1 unspecified atom stereocenters. The molecule has 0 bridgehead atoms. The van der Waals surface area contributed by atoms with Crippen molar-refractivity contribution in [1.82, 2.24) is 0 Å². The molecule has 0 aromatic carbocycles. The van der Waals surface area contributed by atoms with Crippen LogP contribution in [-0.2, 0) is 20.9 Å². The van der Waals surface area contributed by atoms with Crippen LogP contribution in [0.1, 0.15) is 0 Å². The smallest absolute Gasteiger partial charge is 0.245 e. The predicted molar refractivity (Wildman–Crippen MR) is 52.8 cm³/mol. The van der Waals surface area contributed by atoms with Gasteiger partial charge < -0.3 is 23.7 Å². The summed E-state index contributed by atoms with van der Waals surface area (Å²) in [7, 11) is -3.43. The highest BCUT2D eigenvalue weighted by atomic mass is 32.5. The fraction of sp³-hybridized carbons (Fsp3) is 0.750. The largest absolute Gasteiger partial charge is 0.345 e. The fourth-order valence-corrected chi connectivity index (χ4v) is 1.39. The molecule has 0 fully saturated rings. The summed E-state index contributed by atoms with van der Waals surface area (Å²) >= 11 is 4.55. The van der Waals surface area contributed by atoms with Gasteiger partial charge in [-0.1, -0.05) is 0 Å². The van der Waals surface area contributed by atoms with Crippen molar-refractivity contribution in [3.63, 3.8) is 0 Å². The maximum atomic E-state index is 8.96. The summed E-state index contributed by atoms with van der Waals surface area (Å²) in [6.07, 6.45) is 2.97. The highest BCUT2D eigenvalue weighted by Crippen LogP contribution is 2.38. The van der Waals surface area contributed by atoms with E-state index in [0.717, 1.165) is 0 Å². The van der Waals surface area contributed by atoms with E-state index in [1.54, 1.807) is 0 Å². The predicted octanol–water partition coefficient (Wildman–Crippen LogP) is 0.130. The minimum Gasteiger partial charge on any atom is -0.345 e. The van der Waals surface area contributed by atoms with Crippen LogP contribution in [0.2, 0.25) is 0 Å². The zero-order valence-corrected chi connectivity index (χ0v) is 9.19. The standard InChI is InChI=1S/C4H12O5P2S/c1-10(5,6)8-3-4-9-11(2,7)12/h5-6H,1,3-4H2,2H3,(H,7,12). The van der Waals surface area contributed by atoms with Crippen molar-refractivity contribution in [3.05, 3.63) is 0 Å². The zero-order chi connectivity index (χ0) is 9.83. The van der Waals surface area contributed by atoms with E-state index >= 15 is 0 Å². The molecule has 12 heavy (non-hydrogen) atoms. The van der Waals surface area contributed by atoms with Gasteiger partial charge in [0, 0.05) is 6.66 Å². The van der Waals surface area contributed by atoms with Crippen molar-refractivity contribution in [2.75, 3.05) is 19.9 Å². The minimum absolute atomic E-state index is 0.0304. The van der Waals surface area contributed by atoms with Crippen molar-refractivity contribution < 1.29 is 23.7 Å². The molecule has 0 aromatic heterocycles. The number of rotatable bonds is 5. The van der Waals surface area contributed by atoms with Gasteiger partial charge in [0.15, 0.2) is 6.49 Å². The van der Waals surface area contributed by atoms with Crippen LogP contribution in [-0.4, -0.2) is 40.9 Å². The zero-order valence-electron chi connectivity index (χ0n) is 6.58. The molecule has 5 nitrogen and oxygen atoms in total. The Labute approximate surface area is 76.3 Å². The van der Waals surface area contributed by atoms with E-state index in [-0.39, 0.29) is 13.2 Å². The van der Waals surface area contributed by atoms with Crippen molar-refractivity contribution >= 4 is 32.2 Å². The Balaban J connectivity index is 3.48. The summed E-state index contributed by atoms with van der Waals surface area (Å²) in [6.45, 7) is -1.28. The normalized spacial score (nSPS) is 17.3. The fourth-order valence-electron chi connectivity index (χ4n) is 0.390. The average Bonchev–Trinajstić information content (AvgIpc) is 1.76. The van der Waals surface area contributed by atoms with Gasteiger partial charge in [-0.15, -0.1) is 0 Å². The van der Waals surface area contributed by atoms with E-state index in [4.69, 9.17) is 19.2 Å². The second-order valence-corrected chi connectivity index (χ2v) is 7.62. The molecule has 1 atom stereocenters. The van der Waals surface area contributed by atoms with Gasteiger partial charge in [-0.25, -0.2) is 0 Å². The van der Waals surface area contributed by atoms with Crippen molar-refractivity contribution in [2.45, 2.75) is 0 Å². The molecule has 0 aliphatic heterocycles. The van der Waals surface area contributed by atoms with E-state index in [1.807, 2.05) is 0 Å². The molecule has 3 N–H and O–H groups in total. The third kappa shape index (κ3) is 10.8. The molecule has 0 saturated heterocycles. The Morgan fingerprint density at radius 3 is 2.00 bits per heavy atom. The molecule has 0 aliphatic carbocycles. The summed E-state index contributed by atoms with van der Waals surface area (Å²) in [5.41, 5.74) is 0. The summed E-state index contributed by atoms with van der Waals surface area (Å²) in [5, 5.41) is 0. The Morgan fingerprint density at radius 2 is 1.67 bits per heavy atom. The van der Waals surface area contributed by atoms with Crippen LogP contribution in [0.4, 0.5) is 0 Å². The molecular weight excluding hydrogens is 222 g/mol. The molecular formula is C4H12O5P2S. The Morgan fingerprint density at radius 1 is 1.25 bits per heavy atom. The topological polar surface area (TPSA) is 79.2 Å². The Bertz CT molecular complexity index is 193. The quantitative estimate of drug-likeness (QED) is 0.463. The van der Waals surface area contributed by atoms with Gasteiger partial charge in [-0.2, -0.15) is 0 Å². The van der Waals surface area contributed by atoms with E-state index < -0.39 is 14.1 Å². The first-order chi connectivity index (χ1) is 5.21. The molecule has 74 valence electrons. The van der Waals surface area contributed by atoms with Crippen LogP contribution in [0.15, 0.2) is 0 Å². The van der Waals surface area contributed by atoms with E-state index in [2.05, 4.69) is 22.6 Å². The highest BCUT2D eigenvalue weighted by molar-refractivity contribution is 8.09.